The highest BCUT2D eigenvalue weighted by Gasteiger charge is 2.52. The summed E-state index contributed by atoms with van der Waals surface area (Å²) in [6, 6.07) is 0. The number of nitrogens with one attached hydrogen (secondary N) is 1. The molecule has 98 valence electrons. The van der Waals surface area contributed by atoms with Crippen molar-refractivity contribution in [2.24, 2.45) is 10.8 Å². The summed E-state index contributed by atoms with van der Waals surface area (Å²) in [5.74, 6) is 0. The fraction of sp³-hybridized carbons (Fsp3) is 1.00. The van der Waals surface area contributed by atoms with Crippen molar-refractivity contribution in [1.82, 2.24) is 5.32 Å². The minimum atomic E-state index is -4.06. The zero-order chi connectivity index (χ0) is 13.4. The highest BCUT2D eigenvalue weighted by molar-refractivity contribution is 7.51. The minimum Gasteiger partial charge on any atom is -0.324 e. The molecule has 0 rings (SSSR count). The molecule has 5 heteroatoms. The van der Waals surface area contributed by atoms with Gasteiger partial charge < -0.3 is 15.1 Å². The molecule has 0 unspecified atom stereocenters. The van der Waals surface area contributed by atoms with Gasteiger partial charge in [0.15, 0.2) is 0 Å². The molecule has 4 nitrogen and oxygen atoms in total. The molecule has 0 bridgehead atoms. The van der Waals surface area contributed by atoms with Crippen LogP contribution >= 0.6 is 7.60 Å². The van der Waals surface area contributed by atoms with Crippen molar-refractivity contribution in [1.29, 1.82) is 0 Å². The Hall–Kier alpha value is 0.110. The van der Waals surface area contributed by atoms with Crippen LogP contribution in [0.3, 0.4) is 0 Å². The lowest BCUT2D eigenvalue weighted by Gasteiger charge is -2.53. The summed E-state index contributed by atoms with van der Waals surface area (Å²) in [5.41, 5.74) is -1.11. The molecule has 0 radical (unpaired) electrons. The van der Waals surface area contributed by atoms with Gasteiger partial charge in [-0.3, -0.25) is 4.57 Å². The van der Waals surface area contributed by atoms with Crippen LogP contribution in [0.2, 0.25) is 0 Å². The Kier molecular flexibility index (Phi) is 4.44. The first kappa shape index (κ1) is 16.1. The molecule has 0 aromatic heterocycles. The van der Waals surface area contributed by atoms with E-state index in [1.807, 2.05) is 41.5 Å². The van der Waals surface area contributed by atoms with Crippen LogP contribution in [0.1, 0.15) is 41.5 Å². The molecule has 0 aliphatic rings. The molecule has 0 amide bonds. The molecule has 0 heterocycles. The fourth-order valence-corrected chi connectivity index (χ4v) is 4.46. The second-order valence-corrected chi connectivity index (χ2v) is 8.12. The summed E-state index contributed by atoms with van der Waals surface area (Å²) >= 11 is 0. The Labute approximate surface area is 99.0 Å². The van der Waals surface area contributed by atoms with E-state index in [0.717, 1.165) is 0 Å². The monoisotopic (exact) mass is 251 g/mol. The minimum absolute atomic E-state index is 0.149. The van der Waals surface area contributed by atoms with Crippen molar-refractivity contribution in [2.75, 3.05) is 13.2 Å². The average molecular weight is 251 g/mol. The summed E-state index contributed by atoms with van der Waals surface area (Å²) in [6.07, 6.45) is -0.149. The van der Waals surface area contributed by atoms with E-state index in [9.17, 15) is 14.4 Å². The lowest BCUT2D eigenvalue weighted by molar-refractivity contribution is 0.0444. The Morgan fingerprint density at radius 3 is 1.38 bits per heavy atom. The van der Waals surface area contributed by atoms with E-state index in [0.29, 0.717) is 0 Å². The van der Waals surface area contributed by atoms with Gasteiger partial charge in [0.25, 0.3) is 0 Å². The SMILES string of the molecule is CNC(CP(=O)(O)O)(C(C)(C)C)C(C)(C)C. The Balaban J connectivity index is 5.60. The van der Waals surface area contributed by atoms with E-state index in [2.05, 4.69) is 5.32 Å². The molecule has 0 aliphatic heterocycles. The van der Waals surface area contributed by atoms with Crippen LogP contribution in [0.5, 0.6) is 0 Å². The zero-order valence-corrected chi connectivity index (χ0v) is 12.4. The van der Waals surface area contributed by atoms with Crippen molar-refractivity contribution in [3.05, 3.63) is 0 Å². The van der Waals surface area contributed by atoms with Crippen molar-refractivity contribution >= 4 is 7.60 Å². The highest BCUT2D eigenvalue weighted by Crippen LogP contribution is 2.51. The van der Waals surface area contributed by atoms with Gasteiger partial charge >= 0.3 is 7.60 Å². The van der Waals surface area contributed by atoms with Gasteiger partial charge in [0, 0.05) is 5.54 Å². The fourth-order valence-electron chi connectivity index (χ4n) is 2.74. The van der Waals surface area contributed by atoms with E-state index in [4.69, 9.17) is 0 Å². The zero-order valence-electron chi connectivity index (χ0n) is 11.5. The van der Waals surface area contributed by atoms with Gasteiger partial charge in [0.05, 0.1) is 6.16 Å². The summed E-state index contributed by atoms with van der Waals surface area (Å²) < 4.78 is 11.4. The standard InChI is InChI=1S/C11H26NO3P/c1-9(2,3)11(12-7,10(4,5)6)8-16(13,14)15/h12H,8H2,1-7H3,(H2,13,14,15). The van der Waals surface area contributed by atoms with Crippen molar-refractivity contribution in [3.63, 3.8) is 0 Å². The van der Waals surface area contributed by atoms with Gasteiger partial charge in [0.2, 0.25) is 0 Å². The molecule has 0 spiro atoms. The second kappa shape index (κ2) is 4.41. The van der Waals surface area contributed by atoms with Crippen LogP contribution in [-0.2, 0) is 4.57 Å². The topological polar surface area (TPSA) is 69.6 Å². The van der Waals surface area contributed by atoms with Crippen LogP contribution in [0.15, 0.2) is 0 Å². The van der Waals surface area contributed by atoms with Crippen LogP contribution < -0.4 is 5.32 Å². The molecular weight excluding hydrogens is 225 g/mol. The third-order valence-electron chi connectivity index (χ3n) is 3.43. The van der Waals surface area contributed by atoms with Crippen molar-refractivity contribution in [3.8, 4) is 0 Å². The van der Waals surface area contributed by atoms with E-state index >= 15 is 0 Å². The smallest absolute Gasteiger partial charge is 0.324 e. The first-order valence-electron chi connectivity index (χ1n) is 5.50. The lowest BCUT2D eigenvalue weighted by atomic mass is 9.61. The van der Waals surface area contributed by atoms with E-state index in [1.54, 1.807) is 7.05 Å². The third kappa shape index (κ3) is 3.30. The maximum atomic E-state index is 11.4. The quantitative estimate of drug-likeness (QED) is 0.673. The van der Waals surface area contributed by atoms with Crippen LogP contribution in [-0.4, -0.2) is 28.5 Å². The molecule has 0 saturated heterocycles. The van der Waals surface area contributed by atoms with Gasteiger partial charge in [-0.15, -0.1) is 0 Å². The molecule has 0 fully saturated rings. The summed E-state index contributed by atoms with van der Waals surface area (Å²) in [7, 11) is -2.29. The molecule has 0 saturated carbocycles. The van der Waals surface area contributed by atoms with E-state index in [1.165, 1.54) is 0 Å². The second-order valence-electron chi connectivity index (χ2n) is 6.48. The average Bonchev–Trinajstić information content (AvgIpc) is 1.93. The molecule has 0 atom stereocenters. The third-order valence-corrected chi connectivity index (χ3v) is 4.32. The summed E-state index contributed by atoms with van der Waals surface area (Å²) in [6.45, 7) is 12.0. The first-order chi connectivity index (χ1) is 6.77. The molecule has 0 aliphatic carbocycles. The maximum Gasteiger partial charge on any atom is 0.327 e. The van der Waals surface area contributed by atoms with Gasteiger partial charge in [-0.05, 0) is 17.9 Å². The molecule has 16 heavy (non-hydrogen) atoms. The predicted octanol–water partition coefficient (Wildman–Crippen LogP) is 2.21. The number of hydrogen-bond donors (Lipinski definition) is 3. The van der Waals surface area contributed by atoms with Crippen molar-refractivity contribution in [2.45, 2.75) is 47.1 Å². The van der Waals surface area contributed by atoms with Gasteiger partial charge in [-0.2, -0.15) is 0 Å². The largest absolute Gasteiger partial charge is 0.327 e. The Morgan fingerprint density at radius 2 is 1.31 bits per heavy atom. The van der Waals surface area contributed by atoms with Crippen LogP contribution in [0.4, 0.5) is 0 Å². The number of hydrogen-bond acceptors (Lipinski definition) is 2. The Bertz CT molecular complexity index is 269. The predicted molar refractivity (Wildman–Crippen MR) is 67.6 cm³/mol. The molecular formula is C11H26NO3P. The maximum absolute atomic E-state index is 11.4. The summed E-state index contributed by atoms with van der Waals surface area (Å²) in [4.78, 5) is 18.6. The Morgan fingerprint density at radius 1 is 1.00 bits per heavy atom. The molecule has 3 N–H and O–H groups in total. The number of rotatable bonds is 3. The molecule has 0 aromatic rings. The van der Waals surface area contributed by atoms with E-state index in [-0.39, 0.29) is 17.0 Å². The van der Waals surface area contributed by atoms with Gasteiger partial charge in [0.1, 0.15) is 0 Å². The van der Waals surface area contributed by atoms with E-state index < -0.39 is 13.1 Å². The van der Waals surface area contributed by atoms with Gasteiger partial charge in [-0.1, -0.05) is 41.5 Å². The lowest BCUT2D eigenvalue weighted by Crippen LogP contribution is -2.64. The first-order valence-corrected chi connectivity index (χ1v) is 7.30. The van der Waals surface area contributed by atoms with Crippen LogP contribution in [0.25, 0.3) is 0 Å². The normalized spacial score (nSPS) is 15.3. The highest BCUT2D eigenvalue weighted by atomic mass is 31.2. The van der Waals surface area contributed by atoms with Crippen molar-refractivity contribution < 1.29 is 14.4 Å². The van der Waals surface area contributed by atoms with Crippen LogP contribution in [0, 0.1) is 10.8 Å². The summed E-state index contributed by atoms with van der Waals surface area (Å²) in [5, 5.41) is 3.16. The van der Waals surface area contributed by atoms with Gasteiger partial charge in [-0.25, -0.2) is 0 Å². The molecule has 0 aromatic carbocycles.